The van der Waals surface area contributed by atoms with E-state index < -0.39 is 0 Å². The van der Waals surface area contributed by atoms with Gasteiger partial charge in [-0.2, -0.15) is 15.1 Å². The lowest BCUT2D eigenvalue weighted by atomic mass is 9.86. The van der Waals surface area contributed by atoms with Crippen molar-refractivity contribution in [2.24, 2.45) is 0 Å². The van der Waals surface area contributed by atoms with Gasteiger partial charge >= 0.3 is 0 Å². The third-order valence-electron chi connectivity index (χ3n) is 5.45. The molecule has 2 heterocycles. The number of carbonyl (C=O) groups excluding carboxylic acids is 1. The summed E-state index contributed by atoms with van der Waals surface area (Å²) >= 11 is 0. The van der Waals surface area contributed by atoms with Crippen LogP contribution in [0.4, 0.5) is 11.6 Å². The number of aliphatic hydroxyl groups excluding tert-OH is 1. The van der Waals surface area contributed by atoms with Crippen LogP contribution in [-0.4, -0.2) is 36.2 Å². The van der Waals surface area contributed by atoms with Crippen LogP contribution in [0.25, 0.3) is 11.4 Å². The highest BCUT2D eigenvalue weighted by Crippen LogP contribution is 2.29. The zero-order valence-corrected chi connectivity index (χ0v) is 19.3. The van der Waals surface area contributed by atoms with Gasteiger partial charge in [-0.1, -0.05) is 45.0 Å². The number of aliphatic hydroxyl groups is 1. The van der Waals surface area contributed by atoms with E-state index in [1.807, 2.05) is 12.1 Å². The number of anilines is 2. The van der Waals surface area contributed by atoms with E-state index in [0.717, 1.165) is 11.1 Å². The molecule has 9 heteroatoms. The van der Waals surface area contributed by atoms with Gasteiger partial charge in [-0.25, -0.2) is 4.98 Å². The molecule has 1 amide bonds. The predicted molar refractivity (Wildman–Crippen MR) is 130 cm³/mol. The summed E-state index contributed by atoms with van der Waals surface area (Å²) in [4.78, 5) is 25.9. The second kappa shape index (κ2) is 9.40. The van der Waals surface area contributed by atoms with Crippen LogP contribution in [0.5, 0.6) is 0 Å². The molecule has 2 aromatic heterocycles. The van der Waals surface area contributed by atoms with E-state index in [2.05, 4.69) is 51.2 Å². The van der Waals surface area contributed by atoms with Gasteiger partial charge in [-0.05, 0) is 34.7 Å². The van der Waals surface area contributed by atoms with E-state index in [1.54, 1.807) is 42.7 Å². The Morgan fingerprint density at radius 3 is 2.50 bits per heavy atom. The Morgan fingerprint density at radius 1 is 1.09 bits per heavy atom. The third kappa shape index (κ3) is 5.10. The van der Waals surface area contributed by atoms with Crippen molar-refractivity contribution in [3.63, 3.8) is 0 Å². The van der Waals surface area contributed by atoms with Gasteiger partial charge in [0.25, 0.3) is 5.91 Å². The van der Waals surface area contributed by atoms with Crippen LogP contribution in [0.1, 0.15) is 53.6 Å². The highest BCUT2D eigenvalue weighted by molar-refractivity contribution is 6.05. The summed E-state index contributed by atoms with van der Waals surface area (Å²) < 4.78 is 0. The first-order valence-electron chi connectivity index (χ1n) is 10.9. The lowest BCUT2D eigenvalue weighted by Crippen LogP contribution is -2.15. The predicted octanol–water partition coefficient (Wildman–Crippen LogP) is 3.48. The van der Waals surface area contributed by atoms with E-state index in [9.17, 15) is 9.90 Å². The second-order valence-corrected chi connectivity index (χ2v) is 8.99. The summed E-state index contributed by atoms with van der Waals surface area (Å²) in [5.41, 5.74) is 10.0. The Labute approximate surface area is 197 Å². The van der Waals surface area contributed by atoms with Crippen molar-refractivity contribution in [1.29, 1.82) is 0 Å². The molecule has 0 radical (unpaired) electrons. The number of H-pyrrole nitrogens is 1. The van der Waals surface area contributed by atoms with Crippen molar-refractivity contribution < 1.29 is 9.90 Å². The van der Waals surface area contributed by atoms with Crippen LogP contribution < -0.4 is 11.1 Å². The molecule has 0 unspecified atom stereocenters. The summed E-state index contributed by atoms with van der Waals surface area (Å²) in [6.45, 7) is 6.04. The van der Waals surface area contributed by atoms with E-state index >= 15 is 0 Å². The quantitative estimate of drug-likeness (QED) is 0.347. The van der Waals surface area contributed by atoms with Crippen molar-refractivity contribution in [2.75, 3.05) is 11.1 Å². The molecule has 0 aliphatic heterocycles. The number of hydrogen-bond acceptors (Lipinski definition) is 7. The molecular weight excluding hydrogens is 430 g/mol. The van der Waals surface area contributed by atoms with Gasteiger partial charge < -0.3 is 16.2 Å². The van der Waals surface area contributed by atoms with Gasteiger partial charge in [-0.3, -0.25) is 9.89 Å². The molecular formula is C25H27N7O2. The topological polar surface area (TPSA) is 143 Å². The summed E-state index contributed by atoms with van der Waals surface area (Å²) in [6, 6.07) is 12.8. The largest absolute Gasteiger partial charge is 0.392 e. The molecule has 0 spiro atoms. The average molecular weight is 458 g/mol. The molecule has 174 valence electrons. The normalized spacial score (nSPS) is 11.4. The van der Waals surface area contributed by atoms with Gasteiger partial charge in [0.15, 0.2) is 5.82 Å². The van der Waals surface area contributed by atoms with E-state index in [-0.39, 0.29) is 23.9 Å². The molecule has 4 aromatic rings. The monoisotopic (exact) mass is 457 g/mol. The molecule has 0 aliphatic carbocycles. The first-order chi connectivity index (χ1) is 16.2. The summed E-state index contributed by atoms with van der Waals surface area (Å²) in [5, 5.41) is 19.7. The first-order valence-corrected chi connectivity index (χ1v) is 10.9. The third-order valence-corrected chi connectivity index (χ3v) is 5.45. The molecule has 9 nitrogen and oxygen atoms in total. The highest BCUT2D eigenvalue weighted by atomic mass is 16.3. The number of benzene rings is 2. The van der Waals surface area contributed by atoms with Gasteiger partial charge in [0.1, 0.15) is 5.82 Å². The molecule has 0 saturated heterocycles. The number of amides is 1. The number of aromatic amines is 1. The molecule has 4 rings (SSSR count). The fourth-order valence-corrected chi connectivity index (χ4v) is 3.59. The molecule has 34 heavy (non-hydrogen) atoms. The van der Waals surface area contributed by atoms with Crippen molar-refractivity contribution in [1.82, 2.24) is 25.1 Å². The van der Waals surface area contributed by atoms with Crippen LogP contribution in [0.15, 0.2) is 54.9 Å². The van der Waals surface area contributed by atoms with Crippen molar-refractivity contribution in [3.8, 4) is 11.4 Å². The number of aromatic nitrogens is 5. The molecule has 5 N–H and O–H groups in total. The smallest absolute Gasteiger partial charge is 0.255 e. The Balaban J connectivity index is 1.63. The molecule has 0 fully saturated rings. The van der Waals surface area contributed by atoms with Crippen molar-refractivity contribution in [2.45, 2.75) is 39.2 Å². The summed E-state index contributed by atoms with van der Waals surface area (Å²) in [6.07, 6.45) is 3.86. The Morgan fingerprint density at radius 2 is 1.85 bits per heavy atom. The van der Waals surface area contributed by atoms with Crippen LogP contribution in [-0.2, 0) is 18.4 Å². The number of rotatable bonds is 6. The SMILES string of the molecule is CC(C)(C)c1ccc(C(=O)Nc2cccc(-c3nc(N)nc(Cc4cn[nH]c4)n3)c2CO)cc1. The molecule has 0 bridgehead atoms. The second-order valence-electron chi connectivity index (χ2n) is 8.99. The van der Waals surface area contributed by atoms with Crippen molar-refractivity contribution >= 4 is 17.5 Å². The van der Waals surface area contributed by atoms with Crippen LogP contribution >= 0.6 is 0 Å². The fraction of sp³-hybridized carbons (Fsp3) is 0.240. The number of nitrogens with zero attached hydrogens (tertiary/aromatic N) is 4. The number of hydrogen-bond donors (Lipinski definition) is 4. The van der Waals surface area contributed by atoms with Gasteiger partial charge in [0.05, 0.1) is 12.8 Å². The van der Waals surface area contributed by atoms with Gasteiger partial charge in [-0.15, -0.1) is 0 Å². The zero-order chi connectivity index (χ0) is 24.3. The average Bonchev–Trinajstić information content (AvgIpc) is 3.31. The lowest BCUT2D eigenvalue weighted by Gasteiger charge is -2.19. The number of nitrogen functional groups attached to an aromatic ring is 1. The summed E-state index contributed by atoms with van der Waals surface area (Å²) in [7, 11) is 0. The number of nitrogens with two attached hydrogens (primary N) is 1. The molecule has 0 aliphatic rings. The van der Waals surface area contributed by atoms with Gasteiger partial charge in [0.2, 0.25) is 5.95 Å². The maximum absolute atomic E-state index is 12.9. The van der Waals surface area contributed by atoms with E-state index in [4.69, 9.17) is 5.73 Å². The standard InChI is InChI=1S/C25H27N7O2/c1-25(2,3)17-9-7-16(8-10-17)23(34)29-20-6-4-5-18(19(20)14-33)22-30-21(31-24(26)32-22)11-15-12-27-28-13-15/h4-10,12-13,33H,11,14H2,1-3H3,(H,27,28)(H,29,34)(H2,26,30,31,32). The first kappa shape index (κ1) is 23.1. The lowest BCUT2D eigenvalue weighted by molar-refractivity contribution is 0.102. The Kier molecular flexibility index (Phi) is 6.38. The highest BCUT2D eigenvalue weighted by Gasteiger charge is 2.18. The summed E-state index contributed by atoms with van der Waals surface area (Å²) in [5.74, 6) is 0.589. The fourth-order valence-electron chi connectivity index (χ4n) is 3.59. The molecule has 0 saturated carbocycles. The maximum atomic E-state index is 12.9. The van der Waals surface area contributed by atoms with Crippen LogP contribution in [0.3, 0.4) is 0 Å². The Hall–Kier alpha value is -4.11. The Bertz CT molecular complexity index is 1290. The van der Waals surface area contributed by atoms with Gasteiger partial charge in [0, 0.05) is 35.0 Å². The van der Waals surface area contributed by atoms with E-state index in [0.29, 0.717) is 40.4 Å². The van der Waals surface area contributed by atoms with Crippen LogP contribution in [0, 0.1) is 0 Å². The minimum Gasteiger partial charge on any atom is -0.392 e. The number of nitrogens with one attached hydrogen (secondary N) is 2. The number of carbonyl (C=O) groups is 1. The zero-order valence-electron chi connectivity index (χ0n) is 19.3. The van der Waals surface area contributed by atoms with Crippen molar-refractivity contribution in [3.05, 3.63) is 82.9 Å². The van der Waals surface area contributed by atoms with Crippen LogP contribution in [0.2, 0.25) is 0 Å². The van der Waals surface area contributed by atoms with E-state index in [1.165, 1.54) is 0 Å². The molecule has 0 atom stereocenters. The molecule has 2 aromatic carbocycles. The maximum Gasteiger partial charge on any atom is 0.255 e. The minimum absolute atomic E-state index is 0.00372. The minimum atomic E-state index is -0.322.